The third kappa shape index (κ3) is 1.86. The molecule has 1 saturated heterocycles. The van der Waals surface area contributed by atoms with Gasteiger partial charge in [-0.05, 0) is 25.0 Å². The standard InChI is InChI=1S/C11H17N3OS/c15-8-4-5-10-12-13-11(14(10)7-8)9-3-1-2-6-16-9/h8-9,15H,1-7H2. The van der Waals surface area contributed by atoms with Gasteiger partial charge in [0.2, 0.25) is 0 Å². The van der Waals surface area contributed by atoms with Gasteiger partial charge in [-0.1, -0.05) is 6.42 Å². The van der Waals surface area contributed by atoms with Crippen molar-refractivity contribution >= 4 is 11.8 Å². The number of hydrogen-bond acceptors (Lipinski definition) is 4. The molecule has 3 rings (SSSR count). The lowest BCUT2D eigenvalue weighted by Gasteiger charge is -2.25. The van der Waals surface area contributed by atoms with E-state index in [2.05, 4.69) is 14.8 Å². The Labute approximate surface area is 99.4 Å². The summed E-state index contributed by atoms with van der Waals surface area (Å²) < 4.78 is 2.15. The lowest BCUT2D eigenvalue weighted by atomic mass is 10.1. The fourth-order valence-corrected chi connectivity index (χ4v) is 3.83. The molecule has 0 saturated carbocycles. The Morgan fingerprint density at radius 1 is 1.25 bits per heavy atom. The first-order valence-corrected chi connectivity index (χ1v) is 7.11. The second-order valence-corrected chi connectivity index (χ2v) is 5.94. The van der Waals surface area contributed by atoms with Crippen molar-refractivity contribution in [3.8, 4) is 0 Å². The van der Waals surface area contributed by atoms with E-state index in [0.29, 0.717) is 11.8 Å². The van der Waals surface area contributed by atoms with Crippen LogP contribution in [0, 0.1) is 0 Å². The van der Waals surface area contributed by atoms with Crippen LogP contribution in [0.3, 0.4) is 0 Å². The molecule has 2 aliphatic rings. The molecule has 3 heterocycles. The van der Waals surface area contributed by atoms with Gasteiger partial charge in [-0.3, -0.25) is 0 Å². The minimum Gasteiger partial charge on any atom is -0.391 e. The average molecular weight is 239 g/mol. The molecule has 0 aliphatic carbocycles. The molecule has 1 aromatic heterocycles. The highest BCUT2D eigenvalue weighted by molar-refractivity contribution is 7.99. The zero-order chi connectivity index (χ0) is 11.0. The van der Waals surface area contributed by atoms with E-state index in [1.807, 2.05) is 11.8 Å². The molecule has 0 radical (unpaired) electrons. The number of thioether (sulfide) groups is 1. The number of aliphatic hydroxyl groups is 1. The molecule has 0 bridgehead atoms. The van der Waals surface area contributed by atoms with Crippen LogP contribution in [0.1, 0.15) is 42.6 Å². The van der Waals surface area contributed by atoms with E-state index in [9.17, 15) is 5.11 Å². The largest absolute Gasteiger partial charge is 0.391 e. The lowest BCUT2D eigenvalue weighted by molar-refractivity contribution is 0.129. The Hall–Kier alpha value is -0.550. The summed E-state index contributed by atoms with van der Waals surface area (Å²) in [6.45, 7) is 0.689. The van der Waals surface area contributed by atoms with E-state index in [-0.39, 0.29) is 6.10 Å². The number of nitrogens with zero attached hydrogens (tertiary/aromatic N) is 3. The smallest absolute Gasteiger partial charge is 0.146 e. The van der Waals surface area contributed by atoms with Crippen molar-refractivity contribution in [3.63, 3.8) is 0 Å². The fourth-order valence-electron chi connectivity index (χ4n) is 2.51. The Balaban J connectivity index is 1.86. The van der Waals surface area contributed by atoms with Gasteiger partial charge in [-0.15, -0.1) is 10.2 Å². The molecule has 1 fully saturated rings. The normalized spacial score (nSPS) is 30.1. The maximum absolute atomic E-state index is 9.71. The molecule has 2 aliphatic heterocycles. The maximum atomic E-state index is 9.71. The van der Waals surface area contributed by atoms with Gasteiger partial charge in [-0.2, -0.15) is 11.8 Å². The van der Waals surface area contributed by atoms with Gasteiger partial charge in [-0.25, -0.2) is 0 Å². The van der Waals surface area contributed by atoms with Crippen LogP contribution in [0.25, 0.3) is 0 Å². The molecule has 5 heteroatoms. The number of fused-ring (bicyclic) bond motifs is 1. The second-order valence-electron chi connectivity index (χ2n) is 4.63. The van der Waals surface area contributed by atoms with E-state index in [0.717, 1.165) is 24.5 Å². The summed E-state index contributed by atoms with van der Waals surface area (Å²) in [5.41, 5.74) is 0. The molecule has 0 amide bonds. The van der Waals surface area contributed by atoms with Gasteiger partial charge < -0.3 is 9.67 Å². The third-order valence-corrected chi connectivity index (χ3v) is 4.79. The first-order chi connectivity index (χ1) is 7.84. The van der Waals surface area contributed by atoms with Gasteiger partial charge in [0.25, 0.3) is 0 Å². The predicted molar refractivity (Wildman–Crippen MR) is 63.4 cm³/mol. The van der Waals surface area contributed by atoms with Crippen LogP contribution < -0.4 is 0 Å². The van der Waals surface area contributed by atoms with Crippen molar-refractivity contribution in [2.75, 3.05) is 5.75 Å². The van der Waals surface area contributed by atoms with Crippen LogP contribution in [0.4, 0.5) is 0 Å². The summed E-state index contributed by atoms with van der Waals surface area (Å²) in [6.07, 6.45) is 5.31. The van der Waals surface area contributed by atoms with Gasteiger partial charge >= 0.3 is 0 Å². The molecule has 1 aromatic rings. The van der Waals surface area contributed by atoms with E-state index < -0.39 is 0 Å². The first kappa shape index (κ1) is 10.6. The average Bonchev–Trinajstić information content (AvgIpc) is 2.73. The number of hydrogen-bond donors (Lipinski definition) is 1. The van der Waals surface area contributed by atoms with Crippen LogP contribution in [-0.2, 0) is 13.0 Å². The monoisotopic (exact) mass is 239 g/mol. The van der Waals surface area contributed by atoms with E-state index in [1.54, 1.807) is 0 Å². The van der Waals surface area contributed by atoms with E-state index in [4.69, 9.17) is 0 Å². The Morgan fingerprint density at radius 2 is 2.19 bits per heavy atom. The van der Waals surface area contributed by atoms with Crippen molar-refractivity contribution in [3.05, 3.63) is 11.6 Å². The van der Waals surface area contributed by atoms with Crippen molar-refractivity contribution in [1.82, 2.24) is 14.8 Å². The lowest BCUT2D eigenvalue weighted by Crippen LogP contribution is -2.26. The summed E-state index contributed by atoms with van der Waals surface area (Å²) in [5, 5.41) is 18.8. The van der Waals surface area contributed by atoms with Crippen LogP contribution >= 0.6 is 11.8 Å². The quantitative estimate of drug-likeness (QED) is 0.807. The Morgan fingerprint density at radius 3 is 3.00 bits per heavy atom. The summed E-state index contributed by atoms with van der Waals surface area (Å²) in [5.74, 6) is 3.39. The summed E-state index contributed by atoms with van der Waals surface area (Å²) in [4.78, 5) is 0. The van der Waals surface area contributed by atoms with Crippen molar-refractivity contribution in [1.29, 1.82) is 0 Å². The molecule has 0 spiro atoms. The van der Waals surface area contributed by atoms with Gasteiger partial charge in [0, 0.05) is 6.42 Å². The number of aryl methyl sites for hydroxylation is 1. The minimum absolute atomic E-state index is 0.212. The van der Waals surface area contributed by atoms with Crippen LogP contribution in [0.15, 0.2) is 0 Å². The minimum atomic E-state index is -0.212. The SMILES string of the molecule is OC1CCc2nnc(C3CCCCS3)n2C1. The molecular weight excluding hydrogens is 222 g/mol. The molecule has 2 unspecified atom stereocenters. The molecule has 16 heavy (non-hydrogen) atoms. The Bertz CT molecular complexity index is 373. The van der Waals surface area contributed by atoms with Gasteiger partial charge in [0.05, 0.1) is 17.9 Å². The molecule has 2 atom stereocenters. The summed E-state index contributed by atoms with van der Waals surface area (Å²) >= 11 is 1.99. The third-order valence-electron chi connectivity index (χ3n) is 3.42. The van der Waals surface area contributed by atoms with Crippen LogP contribution in [-0.4, -0.2) is 31.7 Å². The maximum Gasteiger partial charge on any atom is 0.146 e. The highest BCUT2D eigenvalue weighted by Gasteiger charge is 2.27. The summed E-state index contributed by atoms with van der Waals surface area (Å²) in [7, 11) is 0. The molecule has 4 nitrogen and oxygen atoms in total. The zero-order valence-corrected chi connectivity index (χ0v) is 10.1. The zero-order valence-electron chi connectivity index (χ0n) is 9.30. The first-order valence-electron chi connectivity index (χ1n) is 6.06. The molecular formula is C11H17N3OS. The fraction of sp³-hybridized carbons (Fsp3) is 0.818. The molecule has 88 valence electrons. The summed E-state index contributed by atoms with van der Waals surface area (Å²) in [6, 6.07) is 0. The molecule has 1 N–H and O–H groups in total. The number of aromatic nitrogens is 3. The number of aliphatic hydroxyl groups excluding tert-OH is 1. The number of rotatable bonds is 1. The molecule has 0 aromatic carbocycles. The highest BCUT2D eigenvalue weighted by atomic mass is 32.2. The van der Waals surface area contributed by atoms with Crippen LogP contribution in [0.2, 0.25) is 0 Å². The van der Waals surface area contributed by atoms with Gasteiger partial charge in [0.1, 0.15) is 11.6 Å². The highest BCUT2D eigenvalue weighted by Crippen LogP contribution is 2.38. The topological polar surface area (TPSA) is 50.9 Å². The second kappa shape index (κ2) is 4.37. The van der Waals surface area contributed by atoms with Crippen LogP contribution in [0.5, 0.6) is 0 Å². The van der Waals surface area contributed by atoms with Crippen molar-refractivity contribution in [2.24, 2.45) is 0 Å². The van der Waals surface area contributed by atoms with E-state index in [1.165, 1.54) is 25.0 Å². The van der Waals surface area contributed by atoms with Crippen molar-refractivity contribution < 1.29 is 5.11 Å². The Kier molecular flexibility index (Phi) is 2.90. The predicted octanol–water partition coefficient (Wildman–Crippen LogP) is 1.54. The van der Waals surface area contributed by atoms with Gasteiger partial charge in [0.15, 0.2) is 0 Å². The van der Waals surface area contributed by atoms with Crippen molar-refractivity contribution in [2.45, 2.75) is 50.0 Å². The van der Waals surface area contributed by atoms with E-state index >= 15 is 0 Å².